The standard InChI is InChI=1S/C22H12S12/c1(13-11-29-20(31-13)17-23-5-6-24-17)3-15-16(34-22(33-15)19-27-9-10-28-19)4-2-14-12-30-21(32-14)18-25-7-8-26-18/h1-12H/b3-1+,4-2+. The van der Waals surface area contributed by atoms with E-state index >= 15 is 0 Å². The van der Waals surface area contributed by atoms with Crippen LogP contribution in [0, 0.1) is 0 Å². The Bertz CT molecular complexity index is 1140. The van der Waals surface area contributed by atoms with Crippen molar-refractivity contribution >= 4 is 141 Å². The molecule has 6 rings (SSSR count). The van der Waals surface area contributed by atoms with Crippen LogP contribution in [0.1, 0.15) is 0 Å². The highest BCUT2D eigenvalue weighted by atomic mass is 32.2. The molecule has 0 nitrogen and oxygen atoms in total. The second-order valence-corrected chi connectivity index (χ2v) is 19.4. The number of hydrogen-bond acceptors (Lipinski definition) is 12. The lowest BCUT2D eigenvalue weighted by Gasteiger charge is -2.00. The Morgan fingerprint density at radius 2 is 0.735 bits per heavy atom. The van der Waals surface area contributed by atoms with Crippen LogP contribution >= 0.6 is 141 Å². The Morgan fingerprint density at radius 1 is 0.353 bits per heavy atom. The minimum Gasteiger partial charge on any atom is -0.0884 e. The summed E-state index contributed by atoms with van der Waals surface area (Å²) in [6, 6.07) is 0. The molecule has 12 heteroatoms. The summed E-state index contributed by atoms with van der Waals surface area (Å²) in [5, 5.41) is 17.6. The van der Waals surface area contributed by atoms with E-state index in [2.05, 4.69) is 67.6 Å². The first-order chi connectivity index (χ1) is 16.8. The largest absolute Gasteiger partial charge is 0.0884 e. The fourth-order valence-electron chi connectivity index (χ4n) is 2.72. The minimum absolute atomic E-state index is 1.32. The molecule has 0 aromatic rings. The fraction of sp³-hybridized carbons (Fsp3) is 0. The second kappa shape index (κ2) is 12.5. The first kappa shape index (κ1) is 25.6. The van der Waals surface area contributed by atoms with Gasteiger partial charge in [0.25, 0.3) is 0 Å². The quantitative estimate of drug-likeness (QED) is 0.282. The smallest absolute Gasteiger partial charge is 0.0706 e. The Morgan fingerprint density at radius 3 is 1.15 bits per heavy atom. The Labute approximate surface area is 250 Å². The molecule has 0 aromatic carbocycles. The third-order valence-electron chi connectivity index (χ3n) is 4.15. The van der Waals surface area contributed by atoms with Crippen molar-refractivity contribution in [1.29, 1.82) is 0 Å². The van der Waals surface area contributed by atoms with E-state index in [1.165, 1.54) is 45.0 Å². The van der Waals surface area contributed by atoms with Gasteiger partial charge in [0.15, 0.2) is 0 Å². The topological polar surface area (TPSA) is 0 Å². The van der Waals surface area contributed by atoms with E-state index < -0.39 is 0 Å². The fourth-order valence-corrected chi connectivity index (χ4v) is 16.1. The minimum atomic E-state index is 1.32. The lowest BCUT2D eigenvalue weighted by Crippen LogP contribution is -1.73. The Hall–Kier alpha value is 1.34. The molecule has 0 aliphatic carbocycles. The maximum Gasteiger partial charge on any atom is 0.0706 e. The number of thioether (sulfide) groups is 12. The SMILES string of the molecule is C1=CSC(=C2SC=C(/C=C/C3=C(/C=C/C4=CSC(=C5SC=CS5)S4)SC(=C4SC=CS4)S3)S2)S1. The van der Waals surface area contributed by atoms with Crippen LogP contribution in [0.25, 0.3) is 0 Å². The van der Waals surface area contributed by atoms with Gasteiger partial charge in [0.2, 0.25) is 0 Å². The molecule has 0 amide bonds. The summed E-state index contributed by atoms with van der Waals surface area (Å²) in [6.45, 7) is 0. The highest BCUT2D eigenvalue weighted by molar-refractivity contribution is 8.35. The highest BCUT2D eigenvalue weighted by Gasteiger charge is 2.24. The number of rotatable bonds is 4. The van der Waals surface area contributed by atoms with Gasteiger partial charge in [-0.2, -0.15) is 0 Å². The molecular formula is C22H12S12. The number of allylic oxidation sites excluding steroid dienone is 4. The van der Waals surface area contributed by atoms with Crippen molar-refractivity contribution in [2.45, 2.75) is 0 Å². The van der Waals surface area contributed by atoms with Crippen LogP contribution in [0.3, 0.4) is 0 Å². The predicted molar refractivity (Wildman–Crippen MR) is 181 cm³/mol. The molecule has 0 atom stereocenters. The lowest BCUT2D eigenvalue weighted by atomic mass is 10.4. The Balaban J connectivity index is 1.18. The van der Waals surface area contributed by atoms with E-state index in [0.717, 1.165) is 0 Å². The molecule has 0 unspecified atom stereocenters. The molecule has 0 N–H and O–H groups in total. The van der Waals surface area contributed by atoms with Gasteiger partial charge >= 0.3 is 0 Å². The van der Waals surface area contributed by atoms with E-state index in [0.29, 0.717) is 0 Å². The van der Waals surface area contributed by atoms with Crippen molar-refractivity contribution in [1.82, 2.24) is 0 Å². The molecule has 0 aromatic heterocycles. The predicted octanol–water partition coefficient (Wildman–Crippen LogP) is 12.7. The van der Waals surface area contributed by atoms with Crippen molar-refractivity contribution < 1.29 is 0 Å². The summed E-state index contributed by atoms with van der Waals surface area (Å²) in [4.78, 5) is 5.29. The molecule has 6 aliphatic rings. The van der Waals surface area contributed by atoms with Crippen LogP contribution < -0.4 is 0 Å². The van der Waals surface area contributed by atoms with E-state index in [1.807, 2.05) is 141 Å². The maximum absolute atomic E-state index is 2.30. The van der Waals surface area contributed by atoms with Gasteiger partial charge in [-0.1, -0.05) is 141 Å². The third kappa shape index (κ3) is 6.31. The van der Waals surface area contributed by atoms with Crippen LogP contribution in [0.2, 0.25) is 0 Å². The highest BCUT2D eigenvalue weighted by Crippen LogP contribution is 2.58. The van der Waals surface area contributed by atoms with Crippen LogP contribution in [-0.2, 0) is 0 Å². The molecule has 0 spiro atoms. The monoisotopic (exact) mass is 660 g/mol. The van der Waals surface area contributed by atoms with Gasteiger partial charge in [-0.25, -0.2) is 0 Å². The number of hydrogen-bond donors (Lipinski definition) is 0. The molecule has 172 valence electrons. The van der Waals surface area contributed by atoms with Crippen LogP contribution in [0.15, 0.2) is 113 Å². The zero-order valence-electron chi connectivity index (χ0n) is 16.8. The van der Waals surface area contributed by atoms with Crippen molar-refractivity contribution in [2.75, 3.05) is 0 Å². The van der Waals surface area contributed by atoms with Gasteiger partial charge in [-0.15, -0.1) is 0 Å². The average molecular weight is 661 g/mol. The van der Waals surface area contributed by atoms with Crippen LogP contribution in [0.4, 0.5) is 0 Å². The molecule has 6 heterocycles. The third-order valence-corrected chi connectivity index (χ3v) is 19.4. The summed E-state index contributed by atoms with van der Waals surface area (Å²) < 4.78 is 8.39. The van der Waals surface area contributed by atoms with Crippen molar-refractivity contribution in [2.24, 2.45) is 0 Å². The second-order valence-electron chi connectivity index (χ2n) is 6.33. The first-order valence-corrected chi connectivity index (χ1v) is 19.9. The molecule has 34 heavy (non-hydrogen) atoms. The van der Waals surface area contributed by atoms with Crippen LogP contribution in [0.5, 0.6) is 0 Å². The first-order valence-electron chi connectivity index (χ1n) is 9.55. The summed E-state index contributed by atoms with van der Waals surface area (Å²) in [5.74, 6) is 0. The molecule has 6 aliphatic heterocycles. The molecule has 0 bridgehead atoms. The van der Waals surface area contributed by atoms with E-state index in [-0.39, 0.29) is 0 Å². The van der Waals surface area contributed by atoms with Crippen LogP contribution in [-0.4, -0.2) is 0 Å². The molecule has 0 fully saturated rings. The van der Waals surface area contributed by atoms with Crippen molar-refractivity contribution in [3.63, 3.8) is 0 Å². The normalized spacial score (nSPS) is 24.7. The van der Waals surface area contributed by atoms with E-state index in [9.17, 15) is 0 Å². The van der Waals surface area contributed by atoms with E-state index in [4.69, 9.17) is 0 Å². The average Bonchev–Trinajstić information content (AvgIpc) is 3.69. The molecule has 0 saturated carbocycles. The van der Waals surface area contributed by atoms with Crippen molar-refractivity contribution in [3.8, 4) is 0 Å². The van der Waals surface area contributed by atoms with Gasteiger partial charge in [-0.3, -0.25) is 0 Å². The van der Waals surface area contributed by atoms with E-state index in [1.54, 1.807) is 0 Å². The molecule has 0 saturated heterocycles. The molecular weight excluding hydrogens is 649 g/mol. The van der Waals surface area contributed by atoms with Gasteiger partial charge in [-0.05, 0) is 67.6 Å². The Kier molecular flexibility index (Phi) is 9.39. The lowest BCUT2D eigenvalue weighted by molar-refractivity contribution is 1.79. The summed E-state index contributed by atoms with van der Waals surface area (Å²) in [7, 11) is 0. The zero-order valence-corrected chi connectivity index (χ0v) is 26.6. The van der Waals surface area contributed by atoms with Gasteiger partial charge in [0, 0.05) is 19.6 Å². The zero-order chi connectivity index (χ0) is 22.7. The summed E-state index contributed by atoms with van der Waals surface area (Å²) in [6.07, 6.45) is 9.17. The van der Waals surface area contributed by atoms with Crippen molar-refractivity contribution in [3.05, 3.63) is 113 Å². The van der Waals surface area contributed by atoms with Gasteiger partial charge in [0.05, 0.1) is 25.4 Å². The van der Waals surface area contributed by atoms with Gasteiger partial charge in [0.1, 0.15) is 0 Å². The van der Waals surface area contributed by atoms with Gasteiger partial charge < -0.3 is 0 Å². The summed E-state index contributed by atoms with van der Waals surface area (Å²) in [5.41, 5.74) is 0. The maximum atomic E-state index is 2.30. The molecule has 0 radical (unpaired) electrons. The summed E-state index contributed by atoms with van der Waals surface area (Å²) >= 11 is 22.2.